The fourth-order valence-electron chi connectivity index (χ4n) is 1.09. The van der Waals surface area contributed by atoms with Crippen molar-refractivity contribution >= 4 is 11.8 Å². The van der Waals surface area contributed by atoms with Crippen molar-refractivity contribution in [3.8, 4) is 0 Å². The molecule has 0 fully saturated rings. The van der Waals surface area contributed by atoms with Crippen molar-refractivity contribution in [3.05, 3.63) is 12.4 Å². The molecule has 0 saturated heterocycles. The molecule has 0 spiro atoms. The Bertz CT molecular complexity index is 247. The average molecular weight is 199 g/mol. The Morgan fingerprint density at radius 3 is 3.08 bits per heavy atom. The van der Waals surface area contributed by atoms with Crippen LogP contribution in [0.4, 0.5) is 0 Å². The zero-order valence-corrected chi connectivity index (χ0v) is 9.05. The zero-order chi connectivity index (χ0) is 9.68. The third-order valence-corrected chi connectivity index (χ3v) is 3.06. The molecule has 1 heterocycles. The van der Waals surface area contributed by atoms with E-state index in [2.05, 4.69) is 23.4 Å². The fourth-order valence-corrected chi connectivity index (χ4v) is 1.92. The van der Waals surface area contributed by atoms with E-state index in [0.717, 1.165) is 17.3 Å². The first-order chi connectivity index (χ1) is 6.29. The van der Waals surface area contributed by atoms with Gasteiger partial charge in [-0.05, 0) is 13.3 Å². The summed E-state index contributed by atoms with van der Waals surface area (Å²) in [5.74, 6) is 0.938. The van der Waals surface area contributed by atoms with E-state index in [1.807, 2.05) is 12.4 Å². The molecule has 0 amide bonds. The van der Waals surface area contributed by atoms with Gasteiger partial charge in [0.1, 0.15) is 0 Å². The number of nitrogens with two attached hydrogens (primary N) is 1. The molecule has 1 atom stereocenters. The lowest BCUT2D eigenvalue weighted by molar-refractivity contribution is 0.492. The molecule has 1 unspecified atom stereocenters. The quantitative estimate of drug-likeness (QED) is 0.737. The Hall–Kier alpha value is -0.480. The van der Waals surface area contributed by atoms with Crippen LogP contribution in [0.3, 0.4) is 0 Å². The van der Waals surface area contributed by atoms with E-state index < -0.39 is 0 Å². The molecular formula is C9H17N3S. The molecule has 1 aromatic rings. The number of hydrogen-bond donors (Lipinski definition) is 1. The Balaban J connectivity index is 2.65. The molecule has 13 heavy (non-hydrogen) atoms. The topological polar surface area (TPSA) is 43.8 Å². The van der Waals surface area contributed by atoms with Crippen molar-refractivity contribution in [2.45, 2.75) is 31.5 Å². The summed E-state index contributed by atoms with van der Waals surface area (Å²) in [5.41, 5.74) is 5.45. The first-order valence-corrected chi connectivity index (χ1v) is 5.63. The summed E-state index contributed by atoms with van der Waals surface area (Å²) >= 11 is 1.72. The molecular weight excluding hydrogens is 182 g/mol. The second-order valence-electron chi connectivity index (χ2n) is 3.01. The van der Waals surface area contributed by atoms with Crippen LogP contribution in [-0.2, 0) is 0 Å². The molecule has 0 aliphatic rings. The number of imidazole rings is 1. The number of rotatable bonds is 5. The first-order valence-electron chi connectivity index (χ1n) is 4.65. The highest BCUT2D eigenvalue weighted by atomic mass is 32.2. The highest BCUT2D eigenvalue weighted by Gasteiger charge is 2.07. The molecule has 2 N–H and O–H groups in total. The van der Waals surface area contributed by atoms with Gasteiger partial charge in [0, 0.05) is 30.7 Å². The van der Waals surface area contributed by atoms with Gasteiger partial charge in [-0.25, -0.2) is 4.98 Å². The predicted octanol–water partition coefficient (Wildman–Crippen LogP) is 1.90. The number of aromatic nitrogens is 2. The molecule has 0 radical (unpaired) electrons. The van der Waals surface area contributed by atoms with E-state index in [9.17, 15) is 0 Å². The van der Waals surface area contributed by atoms with Crippen LogP contribution in [0.5, 0.6) is 0 Å². The van der Waals surface area contributed by atoms with Gasteiger partial charge in [-0.2, -0.15) is 0 Å². The summed E-state index contributed by atoms with van der Waals surface area (Å²) < 4.78 is 2.21. The minimum atomic E-state index is 0.530. The van der Waals surface area contributed by atoms with Gasteiger partial charge >= 0.3 is 0 Å². The van der Waals surface area contributed by atoms with E-state index in [-0.39, 0.29) is 0 Å². The maximum Gasteiger partial charge on any atom is 0.168 e. The smallest absolute Gasteiger partial charge is 0.168 e. The minimum absolute atomic E-state index is 0.530. The van der Waals surface area contributed by atoms with Gasteiger partial charge in [-0.15, -0.1) is 0 Å². The Morgan fingerprint density at radius 2 is 2.46 bits per heavy atom. The van der Waals surface area contributed by atoms with Gasteiger partial charge < -0.3 is 10.3 Å². The van der Waals surface area contributed by atoms with Gasteiger partial charge in [0.25, 0.3) is 0 Å². The summed E-state index contributed by atoms with van der Waals surface area (Å²) in [6.07, 6.45) is 5.02. The van der Waals surface area contributed by atoms with Crippen molar-refractivity contribution in [1.82, 2.24) is 9.55 Å². The molecule has 0 aromatic carbocycles. The monoisotopic (exact) mass is 199 g/mol. The Labute approximate surface area is 83.7 Å². The van der Waals surface area contributed by atoms with Crippen LogP contribution in [0, 0.1) is 0 Å². The average Bonchev–Trinajstić information content (AvgIpc) is 2.61. The summed E-state index contributed by atoms with van der Waals surface area (Å²) in [6, 6.07) is 0.530. The Morgan fingerprint density at radius 1 is 1.69 bits per heavy atom. The minimum Gasteiger partial charge on any atom is -0.330 e. The number of hydrogen-bond acceptors (Lipinski definition) is 3. The number of nitrogens with zero attached hydrogens (tertiary/aromatic N) is 2. The highest BCUT2D eigenvalue weighted by Crippen LogP contribution is 2.20. The normalized spacial score (nSPS) is 13.2. The lowest BCUT2D eigenvalue weighted by Gasteiger charge is -2.13. The molecule has 0 bridgehead atoms. The highest BCUT2D eigenvalue weighted by molar-refractivity contribution is 7.99. The van der Waals surface area contributed by atoms with Gasteiger partial charge in [0.2, 0.25) is 0 Å². The third kappa shape index (κ3) is 2.74. The van der Waals surface area contributed by atoms with Crippen molar-refractivity contribution < 1.29 is 0 Å². The molecule has 3 nitrogen and oxygen atoms in total. The van der Waals surface area contributed by atoms with Crippen molar-refractivity contribution in [2.75, 3.05) is 12.3 Å². The molecule has 0 saturated carbocycles. The first kappa shape index (κ1) is 10.6. The SMILES string of the molecule is CCC(C)n1ccnc1SCCN. The zero-order valence-electron chi connectivity index (χ0n) is 8.23. The summed E-state index contributed by atoms with van der Waals surface area (Å²) in [7, 11) is 0. The van der Waals surface area contributed by atoms with Crippen LogP contribution in [0.2, 0.25) is 0 Å². The molecule has 74 valence electrons. The van der Waals surface area contributed by atoms with Crippen LogP contribution in [0.15, 0.2) is 17.6 Å². The maximum absolute atomic E-state index is 5.45. The van der Waals surface area contributed by atoms with E-state index in [1.165, 1.54) is 0 Å². The fraction of sp³-hybridized carbons (Fsp3) is 0.667. The predicted molar refractivity (Wildman–Crippen MR) is 57.0 cm³/mol. The second-order valence-corrected chi connectivity index (χ2v) is 4.07. The summed E-state index contributed by atoms with van der Waals surface area (Å²) in [6.45, 7) is 5.09. The van der Waals surface area contributed by atoms with Crippen molar-refractivity contribution in [2.24, 2.45) is 5.73 Å². The summed E-state index contributed by atoms with van der Waals surface area (Å²) in [4.78, 5) is 4.29. The Kier molecular flexibility index (Phi) is 4.32. The van der Waals surface area contributed by atoms with E-state index in [1.54, 1.807) is 11.8 Å². The van der Waals surface area contributed by atoms with Gasteiger partial charge in [-0.1, -0.05) is 18.7 Å². The molecule has 0 aliphatic carbocycles. The molecule has 1 aromatic heterocycles. The van der Waals surface area contributed by atoms with Gasteiger partial charge in [0.15, 0.2) is 5.16 Å². The maximum atomic E-state index is 5.45. The van der Waals surface area contributed by atoms with E-state index >= 15 is 0 Å². The van der Waals surface area contributed by atoms with Crippen LogP contribution in [0.25, 0.3) is 0 Å². The summed E-state index contributed by atoms with van der Waals surface area (Å²) in [5, 5.41) is 1.08. The molecule has 0 aliphatic heterocycles. The van der Waals surface area contributed by atoms with E-state index in [0.29, 0.717) is 12.6 Å². The van der Waals surface area contributed by atoms with Crippen LogP contribution < -0.4 is 5.73 Å². The molecule has 1 rings (SSSR count). The third-order valence-electron chi connectivity index (χ3n) is 2.05. The van der Waals surface area contributed by atoms with Crippen LogP contribution in [0.1, 0.15) is 26.3 Å². The molecule has 4 heteroatoms. The van der Waals surface area contributed by atoms with Crippen LogP contribution in [-0.4, -0.2) is 21.8 Å². The van der Waals surface area contributed by atoms with E-state index in [4.69, 9.17) is 5.73 Å². The van der Waals surface area contributed by atoms with Crippen molar-refractivity contribution in [3.63, 3.8) is 0 Å². The lowest BCUT2D eigenvalue weighted by Crippen LogP contribution is -2.06. The largest absolute Gasteiger partial charge is 0.330 e. The van der Waals surface area contributed by atoms with Gasteiger partial charge in [0.05, 0.1) is 0 Å². The lowest BCUT2D eigenvalue weighted by atomic mass is 10.3. The van der Waals surface area contributed by atoms with Crippen LogP contribution >= 0.6 is 11.8 Å². The van der Waals surface area contributed by atoms with Crippen molar-refractivity contribution in [1.29, 1.82) is 0 Å². The number of thioether (sulfide) groups is 1. The second kappa shape index (κ2) is 5.29. The standard InChI is InChI=1S/C9H17N3S/c1-3-8(2)12-6-5-11-9(12)13-7-4-10/h5-6,8H,3-4,7,10H2,1-2H3. The van der Waals surface area contributed by atoms with Gasteiger partial charge in [-0.3, -0.25) is 0 Å².